The van der Waals surface area contributed by atoms with E-state index in [1.807, 2.05) is 12.1 Å². The highest BCUT2D eigenvalue weighted by Crippen LogP contribution is 2.60. The second-order valence-electron chi connectivity index (χ2n) is 8.46. The van der Waals surface area contributed by atoms with Gasteiger partial charge in [-0.25, -0.2) is 9.36 Å². The molecule has 0 radical (unpaired) electrons. The minimum absolute atomic E-state index is 0.177. The summed E-state index contributed by atoms with van der Waals surface area (Å²) in [4.78, 5) is 29.8. The minimum Gasteiger partial charge on any atom is -0.383 e. The van der Waals surface area contributed by atoms with Crippen LogP contribution in [0.5, 0.6) is 0 Å². The highest BCUT2D eigenvalue weighted by Gasteiger charge is 2.60. The first-order valence-electron chi connectivity index (χ1n) is 10.8. The molecule has 2 N–H and O–H groups in total. The summed E-state index contributed by atoms with van der Waals surface area (Å²) in [5.41, 5.74) is -2.16. The molecule has 2 unspecified atom stereocenters. The lowest BCUT2D eigenvalue weighted by Gasteiger charge is -2.38. The molecule has 7 atom stereocenters. The lowest BCUT2D eigenvalue weighted by Crippen LogP contribution is -2.49. The van der Waals surface area contributed by atoms with Gasteiger partial charge in [0.05, 0.1) is 19.3 Å². The van der Waals surface area contributed by atoms with Crippen LogP contribution in [-0.4, -0.2) is 67.8 Å². The van der Waals surface area contributed by atoms with Gasteiger partial charge in [-0.15, -0.1) is 0 Å². The normalized spacial score (nSPS) is 37.1. The number of nitrogens with zero attached hydrogens (tertiary/aromatic N) is 2. The Morgan fingerprint density at radius 1 is 1.26 bits per heavy atom. The third kappa shape index (κ3) is 5.31. The molecule has 3 fully saturated rings. The molecular weight excluding hydrogens is 521 g/mol. The van der Waals surface area contributed by atoms with E-state index >= 15 is 0 Å². The maximum atomic E-state index is 13.5. The predicted molar refractivity (Wildman–Crippen MR) is 127 cm³/mol. The van der Waals surface area contributed by atoms with Crippen molar-refractivity contribution in [2.24, 2.45) is 0 Å². The van der Waals surface area contributed by atoms with Gasteiger partial charge in [-0.3, -0.25) is 32.9 Å². The number of fused-ring (bicyclic) bond motifs is 1. The van der Waals surface area contributed by atoms with Crippen LogP contribution in [0.15, 0.2) is 46.4 Å². The van der Waals surface area contributed by atoms with Gasteiger partial charge in [0.2, 0.25) is 0 Å². The molecule has 2 aromatic heterocycles. The van der Waals surface area contributed by atoms with E-state index in [0.29, 0.717) is 18.1 Å². The van der Waals surface area contributed by atoms with Gasteiger partial charge < -0.3 is 14.6 Å². The van der Waals surface area contributed by atoms with Crippen molar-refractivity contribution in [3.8, 4) is 0 Å². The number of aromatic amines is 1. The number of hydrogen-bond acceptors (Lipinski definition) is 12. The number of pyridine rings is 1. The third-order valence-electron chi connectivity index (χ3n) is 5.90. The van der Waals surface area contributed by atoms with E-state index in [0.717, 1.165) is 16.2 Å². The monoisotopic (exact) mass is 545 g/mol. The molecule has 0 bridgehead atoms. The van der Waals surface area contributed by atoms with Crippen LogP contribution in [0.25, 0.3) is 0 Å². The molecule has 3 aliphatic heterocycles. The Kier molecular flexibility index (Phi) is 7.28. The van der Waals surface area contributed by atoms with Crippen molar-refractivity contribution < 1.29 is 32.7 Å². The predicted octanol–water partition coefficient (Wildman–Crippen LogP) is 1.47. The number of nitrogens with one attached hydrogen (secondary N) is 1. The Morgan fingerprint density at radius 3 is 2.74 bits per heavy atom. The van der Waals surface area contributed by atoms with Crippen molar-refractivity contribution >= 4 is 29.4 Å². The molecule has 0 spiro atoms. The van der Waals surface area contributed by atoms with Gasteiger partial charge in [-0.2, -0.15) is 0 Å². The number of aromatic nitrogens is 3. The molecule has 0 amide bonds. The molecule has 15 heteroatoms. The second-order valence-corrected chi connectivity index (χ2v) is 12.6. The number of phosphoric ester groups is 1. The molecule has 2 aromatic rings. The van der Waals surface area contributed by atoms with Crippen LogP contribution in [0.4, 0.5) is 0 Å². The molecule has 3 aliphatic rings. The van der Waals surface area contributed by atoms with Crippen LogP contribution in [0, 0.1) is 0 Å². The summed E-state index contributed by atoms with van der Waals surface area (Å²) in [7, 11) is -0.908. The topological polar surface area (TPSA) is 151 Å². The Labute approximate surface area is 207 Å². The zero-order chi connectivity index (χ0) is 24.6. The van der Waals surface area contributed by atoms with Gasteiger partial charge in [0.15, 0.2) is 6.23 Å². The second kappa shape index (κ2) is 10.1. The van der Waals surface area contributed by atoms with Crippen LogP contribution in [0.3, 0.4) is 0 Å². The van der Waals surface area contributed by atoms with Gasteiger partial charge in [0.1, 0.15) is 23.9 Å². The zero-order valence-corrected chi connectivity index (χ0v) is 21.1. The average Bonchev–Trinajstić information content (AvgIpc) is 3.08. The highest BCUT2D eigenvalue weighted by atomic mass is 33.1. The van der Waals surface area contributed by atoms with Gasteiger partial charge >= 0.3 is 13.5 Å². The summed E-state index contributed by atoms with van der Waals surface area (Å²) in [5.74, 6) is 1.11. The minimum atomic E-state index is -4.10. The summed E-state index contributed by atoms with van der Waals surface area (Å²) in [5, 5.41) is 11.2. The first-order chi connectivity index (χ1) is 16.7. The summed E-state index contributed by atoms with van der Waals surface area (Å²) >= 11 is 0. The average molecular weight is 546 g/mol. The number of hydrogen-bond donors (Lipinski definition) is 2. The molecule has 35 heavy (non-hydrogen) atoms. The van der Waals surface area contributed by atoms with Gasteiger partial charge in [0.25, 0.3) is 5.56 Å². The van der Waals surface area contributed by atoms with Crippen molar-refractivity contribution in [1.29, 1.82) is 0 Å². The van der Waals surface area contributed by atoms with Gasteiger partial charge in [-0.1, -0.05) is 21.6 Å². The SMILES string of the molecule is C[C@@]1(O)[C@@H]2OP(=O)(O[C@H]3CSSCC3OCc3ccncc3)OC[C@H]2O[C@H]1n1ccc(=O)[nH]c1=O. The summed E-state index contributed by atoms with van der Waals surface area (Å²) in [6.45, 7) is 1.57. The summed E-state index contributed by atoms with van der Waals surface area (Å²) < 4.78 is 43.4. The molecule has 0 aromatic carbocycles. The Morgan fingerprint density at radius 2 is 2.00 bits per heavy atom. The molecule has 3 saturated heterocycles. The molecule has 5 rings (SSSR count). The first kappa shape index (κ1) is 25.2. The molecule has 12 nitrogen and oxygen atoms in total. The van der Waals surface area contributed by atoms with Crippen LogP contribution >= 0.6 is 29.4 Å². The lowest BCUT2D eigenvalue weighted by molar-refractivity contribution is -0.0983. The lowest BCUT2D eigenvalue weighted by atomic mass is 9.96. The molecule has 5 heterocycles. The Balaban J connectivity index is 1.29. The molecular formula is C20H24N3O9PS2. The van der Waals surface area contributed by atoms with Crippen molar-refractivity contribution in [3.63, 3.8) is 0 Å². The maximum absolute atomic E-state index is 13.5. The van der Waals surface area contributed by atoms with Gasteiger partial charge in [0, 0.05) is 36.2 Å². The van der Waals surface area contributed by atoms with E-state index in [-0.39, 0.29) is 12.7 Å². The van der Waals surface area contributed by atoms with Crippen molar-refractivity contribution in [2.45, 2.75) is 49.8 Å². The van der Waals surface area contributed by atoms with Crippen molar-refractivity contribution in [3.05, 3.63) is 63.2 Å². The molecule has 0 saturated carbocycles. The Hall–Kier alpha value is -1.48. The van der Waals surface area contributed by atoms with E-state index in [1.54, 1.807) is 34.0 Å². The summed E-state index contributed by atoms with van der Waals surface area (Å²) in [6.07, 6.45) is 0.530. The van der Waals surface area contributed by atoms with Crippen LogP contribution in [0.2, 0.25) is 0 Å². The quantitative estimate of drug-likeness (QED) is 0.399. The largest absolute Gasteiger partial charge is 0.475 e. The van der Waals surface area contributed by atoms with Crippen LogP contribution in [0.1, 0.15) is 18.7 Å². The number of phosphoric acid groups is 1. The fourth-order valence-corrected chi connectivity index (χ4v) is 8.30. The van der Waals surface area contributed by atoms with Crippen LogP contribution in [-0.2, 0) is 34.2 Å². The number of ether oxygens (including phenoxy) is 2. The number of aliphatic hydroxyl groups is 1. The van der Waals surface area contributed by atoms with E-state index in [9.17, 15) is 19.3 Å². The number of H-pyrrole nitrogens is 1. The third-order valence-corrected chi connectivity index (χ3v) is 9.79. The molecule has 0 aliphatic carbocycles. The summed E-state index contributed by atoms with van der Waals surface area (Å²) in [6, 6.07) is 4.84. The first-order valence-corrected chi connectivity index (χ1v) is 14.8. The zero-order valence-electron chi connectivity index (χ0n) is 18.6. The fraction of sp³-hybridized carbons (Fsp3) is 0.550. The van der Waals surface area contributed by atoms with Gasteiger partial charge in [-0.05, 0) is 24.6 Å². The fourth-order valence-electron chi connectivity index (χ4n) is 4.09. The van der Waals surface area contributed by atoms with Crippen LogP contribution < -0.4 is 11.2 Å². The van der Waals surface area contributed by atoms with Crippen molar-refractivity contribution in [2.75, 3.05) is 18.1 Å². The van der Waals surface area contributed by atoms with E-state index in [1.165, 1.54) is 13.1 Å². The Bertz CT molecular complexity index is 1210. The maximum Gasteiger partial charge on any atom is 0.475 e. The standard InChI is InChI=1S/C20H24N3O9PS2/c1-20(26)17-13(30-18(20)23-7-4-16(24)22-19(23)25)9-29-33(27,32-17)31-15-11-35-34-10-14(15)28-8-12-2-5-21-6-3-12/h2-7,13-15,17-18,26H,8-11H2,1H3,(H,22,24,25)/t13-,14?,15+,17-,18-,20-,33?/m1/s1. The van der Waals surface area contributed by atoms with E-state index in [2.05, 4.69) is 9.97 Å². The van der Waals surface area contributed by atoms with Crippen molar-refractivity contribution in [1.82, 2.24) is 14.5 Å². The highest BCUT2D eigenvalue weighted by molar-refractivity contribution is 8.76. The number of rotatable bonds is 6. The van der Waals surface area contributed by atoms with E-state index in [4.69, 9.17) is 23.0 Å². The smallest absolute Gasteiger partial charge is 0.383 e. The molecule has 190 valence electrons. The van der Waals surface area contributed by atoms with E-state index < -0.39 is 49.2 Å².